The van der Waals surface area contributed by atoms with E-state index in [1.807, 2.05) is 0 Å². The monoisotopic (exact) mass is 608 g/mol. The van der Waals surface area contributed by atoms with Gasteiger partial charge in [-0.15, -0.1) is 0 Å². The molecule has 0 fully saturated rings. The summed E-state index contributed by atoms with van der Waals surface area (Å²) < 4.78 is 1.12. The summed E-state index contributed by atoms with van der Waals surface area (Å²) in [6, 6.07) is 55.5. The van der Waals surface area contributed by atoms with Gasteiger partial charge >= 0.3 is 0 Å². The molecular formula is C42H25Br. The van der Waals surface area contributed by atoms with E-state index < -0.39 is 0 Å². The van der Waals surface area contributed by atoms with Crippen molar-refractivity contribution in [2.45, 2.75) is 0 Å². The molecule has 0 atom stereocenters. The van der Waals surface area contributed by atoms with Crippen LogP contribution in [0.2, 0.25) is 0 Å². The fourth-order valence-corrected chi connectivity index (χ4v) is 7.82. The van der Waals surface area contributed by atoms with Crippen LogP contribution in [-0.2, 0) is 0 Å². The Labute approximate surface area is 259 Å². The minimum Gasteiger partial charge on any atom is -0.0622 e. The van der Waals surface area contributed by atoms with Crippen LogP contribution in [0.3, 0.4) is 0 Å². The predicted molar refractivity (Wildman–Crippen MR) is 187 cm³/mol. The van der Waals surface area contributed by atoms with E-state index in [9.17, 15) is 0 Å². The maximum atomic E-state index is 3.79. The first-order chi connectivity index (χ1) is 21.3. The Morgan fingerprint density at radius 1 is 0.279 bits per heavy atom. The van der Waals surface area contributed by atoms with E-state index in [0.29, 0.717) is 0 Å². The third-order valence-electron chi connectivity index (χ3n) is 9.08. The lowest BCUT2D eigenvalue weighted by Crippen LogP contribution is -1.93. The highest BCUT2D eigenvalue weighted by atomic mass is 79.9. The molecule has 8 aromatic carbocycles. The maximum Gasteiger partial charge on any atom is 0.0254 e. The van der Waals surface area contributed by atoms with Crippen molar-refractivity contribution in [2.75, 3.05) is 0 Å². The van der Waals surface area contributed by atoms with Crippen molar-refractivity contribution < 1.29 is 0 Å². The molecule has 0 spiro atoms. The minimum absolute atomic E-state index is 1.12. The highest BCUT2D eigenvalue weighted by molar-refractivity contribution is 9.10. The summed E-state index contributed by atoms with van der Waals surface area (Å²) in [7, 11) is 0. The van der Waals surface area contributed by atoms with Crippen LogP contribution in [0.4, 0.5) is 0 Å². The highest BCUT2D eigenvalue weighted by Gasteiger charge is 2.31. The molecule has 43 heavy (non-hydrogen) atoms. The van der Waals surface area contributed by atoms with E-state index in [1.165, 1.54) is 88.0 Å². The van der Waals surface area contributed by atoms with E-state index in [1.54, 1.807) is 0 Å². The zero-order chi connectivity index (χ0) is 28.5. The van der Waals surface area contributed by atoms with Crippen molar-refractivity contribution >= 4 is 48.2 Å². The van der Waals surface area contributed by atoms with Crippen molar-refractivity contribution in [1.82, 2.24) is 0 Å². The molecule has 0 saturated heterocycles. The Kier molecular flexibility index (Phi) is 5.45. The van der Waals surface area contributed by atoms with Crippen LogP contribution in [0.15, 0.2) is 156 Å². The van der Waals surface area contributed by atoms with E-state index in [0.717, 1.165) is 4.47 Å². The summed E-state index contributed by atoms with van der Waals surface area (Å²) in [5.74, 6) is 0. The van der Waals surface area contributed by atoms with E-state index in [4.69, 9.17) is 0 Å². The zero-order valence-electron chi connectivity index (χ0n) is 23.3. The van der Waals surface area contributed by atoms with Crippen molar-refractivity contribution in [2.24, 2.45) is 0 Å². The third-order valence-corrected chi connectivity index (χ3v) is 9.77. The molecule has 0 heterocycles. The lowest BCUT2D eigenvalue weighted by atomic mass is 9.82. The second-order valence-corrected chi connectivity index (χ2v) is 12.2. The van der Waals surface area contributed by atoms with Crippen molar-refractivity contribution in [1.29, 1.82) is 0 Å². The molecule has 0 aliphatic heterocycles. The second kappa shape index (κ2) is 9.52. The number of hydrogen-bond acceptors (Lipinski definition) is 0. The second-order valence-electron chi connectivity index (χ2n) is 11.3. The van der Waals surface area contributed by atoms with Crippen LogP contribution in [0.5, 0.6) is 0 Å². The zero-order valence-corrected chi connectivity index (χ0v) is 24.9. The van der Waals surface area contributed by atoms with Gasteiger partial charge in [-0.25, -0.2) is 0 Å². The average Bonchev–Trinajstić information content (AvgIpc) is 3.40. The van der Waals surface area contributed by atoms with Crippen LogP contribution < -0.4 is 0 Å². The summed E-state index contributed by atoms with van der Waals surface area (Å²) in [5, 5.41) is 7.70. The molecule has 1 aliphatic rings. The van der Waals surface area contributed by atoms with Gasteiger partial charge in [-0.3, -0.25) is 0 Å². The van der Waals surface area contributed by atoms with Gasteiger partial charge in [0.2, 0.25) is 0 Å². The van der Waals surface area contributed by atoms with Gasteiger partial charge < -0.3 is 0 Å². The Morgan fingerprint density at radius 2 is 0.721 bits per heavy atom. The van der Waals surface area contributed by atoms with E-state index in [-0.39, 0.29) is 0 Å². The Morgan fingerprint density at radius 3 is 1.35 bits per heavy atom. The summed E-state index contributed by atoms with van der Waals surface area (Å²) in [6.07, 6.45) is 0. The molecule has 0 saturated carbocycles. The molecule has 0 radical (unpaired) electrons. The number of rotatable bonds is 3. The molecule has 0 amide bonds. The van der Waals surface area contributed by atoms with Gasteiger partial charge in [0.1, 0.15) is 0 Å². The molecule has 0 nitrogen and oxygen atoms in total. The Balaban J connectivity index is 1.46. The largest absolute Gasteiger partial charge is 0.0622 e. The van der Waals surface area contributed by atoms with Gasteiger partial charge in [0.25, 0.3) is 0 Å². The molecular weight excluding hydrogens is 584 g/mol. The first kappa shape index (κ1) is 24.6. The summed E-state index contributed by atoms with van der Waals surface area (Å²) in [4.78, 5) is 0. The summed E-state index contributed by atoms with van der Waals surface area (Å²) in [6.45, 7) is 0. The molecule has 8 aromatic rings. The van der Waals surface area contributed by atoms with Gasteiger partial charge in [-0.05, 0) is 94.0 Å². The Hall–Kier alpha value is -4.98. The van der Waals surface area contributed by atoms with E-state index in [2.05, 4.69) is 168 Å². The summed E-state index contributed by atoms with van der Waals surface area (Å²) in [5.41, 5.74) is 12.9. The molecule has 0 N–H and O–H groups in total. The minimum atomic E-state index is 1.12. The van der Waals surface area contributed by atoms with Gasteiger partial charge in [0, 0.05) is 4.47 Å². The number of benzene rings is 8. The molecule has 1 aliphatic carbocycles. The highest BCUT2D eigenvalue weighted by Crippen LogP contribution is 2.58. The topological polar surface area (TPSA) is 0 Å². The van der Waals surface area contributed by atoms with Gasteiger partial charge in [-0.2, -0.15) is 0 Å². The smallest absolute Gasteiger partial charge is 0.0254 e. The van der Waals surface area contributed by atoms with Gasteiger partial charge in [0.05, 0.1) is 0 Å². The number of hydrogen-bond donors (Lipinski definition) is 0. The SMILES string of the molecule is Brc1ccc(-c2ccc3c4c(cccc24)-c2c-3c(-c3ccccc3)c3ccccc3c2-c2ccccc2)c2ccccc12. The standard InChI is InChI=1S/C42H25Br/c43-37-25-24-29(28-16-7-8-17-31(28)37)30-22-23-36-40-32(30)20-11-21-35(40)41-38(26-12-3-1-4-13-26)33-18-9-10-19-34(33)39(42(36)41)27-14-5-2-6-15-27/h1-25H. The molecule has 9 rings (SSSR count). The maximum absolute atomic E-state index is 3.79. The van der Waals surface area contributed by atoms with Gasteiger partial charge in [0.15, 0.2) is 0 Å². The average molecular weight is 610 g/mol. The fourth-order valence-electron chi connectivity index (χ4n) is 7.34. The van der Waals surface area contributed by atoms with Crippen molar-refractivity contribution in [3.05, 3.63) is 156 Å². The summed E-state index contributed by atoms with van der Waals surface area (Å²) >= 11 is 3.79. The fraction of sp³-hybridized carbons (Fsp3) is 0. The molecule has 200 valence electrons. The van der Waals surface area contributed by atoms with Crippen molar-refractivity contribution in [3.63, 3.8) is 0 Å². The van der Waals surface area contributed by atoms with Crippen molar-refractivity contribution in [3.8, 4) is 55.6 Å². The quantitative estimate of drug-likeness (QED) is 0.187. The molecule has 0 bridgehead atoms. The van der Waals surface area contributed by atoms with Crippen LogP contribution in [0.25, 0.3) is 88.0 Å². The first-order valence-electron chi connectivity index (χ1n) is 14.7. The van der Waals surface area contributed by atoms with E-state index >= 15 is 0 Å². The third kappa shape index (κ3) is 3.55. The van der Waals surface area contributed by atoms with Crippen LogP contribution in [0.1, 0.15) is 0 Å². The lowest BCUT2D eigenvalue weighted by Gasteiger charge is -2.20. The molecule has 0 aromatic heterocycles. The van der Waals surface area contributed by atoms with Crippen LogP contribution in [-0.4, -0.2) is 0 Å². The number of fused-ring (bicyclic) bond motifs is 5. The predicted octanol–water partition coefficient (Wildman–Crippen LogP) is 12.6. The first-order valence-corrected chi connectivity index (χ1v) is 15.5. The van der Waals surface area contributed by atoms with Crippen LogP contribution in [0, 0.1) is 0 Å². The van der Waals surface area contributed by atoms with Crippen LogP contribution >= 0.6 is 15.9 Å². The molecule has 0 unspecified atom stereocenters. The molecule has 1 heteroatoms. The Bertz CT molecular complexity index is 2290. The lowest BCUT2D eigenvalue weighted by molar-refractivity contribution is 1.62. The normalized spacial score (nSPS) is 11.8. The number of halogens is 1. The van der Waals surface area contributed by atoms with Gasteiger partial charge in [-0.1, -0.05) is 162 Å².